The van der Waals surface area contributed by atoms with Crippen LogP contribution in [0, 0.1) is 5.92 Å². The topological polar surface area (TPSA) is 74.8 Å². The zero-order valence-electron chi connectivity index (χ0n) is 13.8. The van der Waals surface area contributed by atoms with Crippen molar-refractivity contribution in [3.05, 3.63) is 29.8 Å². The molecule has 0 aliphatic rings. The van der Waals surface area contributed by atoms with Gasteiger partial charge in [-0.05, 0) is 30.0 Å². The molecule has 0 aliphatic heterocycles. The molecule has 0 spiro atoms. The summed E-state index contributed by atoms with van der Waals surface area (Å²) in [6.07, 6.45) is 0.634. The molecular weight excluding hydrogens is 280 g/mol. The lowest BCUT2D eigenvalue weighted by molar-refractivity contribution is 0.187. The molecule has 1 amide bonds. The van der Waals surface area contributed by atoms with Crippen molar-refractivity contribution in [1.82, 2.24) is 10.6 Å². The minimum atomic E-state index is -0.472. The Labute approximate surface area is 132 Å². The second-order valence-corrected chi connectivity index (χ2v) is 5.35. The van der Waals surface area contributed by atoms with Gasteiger partial charge in [0, 0.05) is 25.8 Å². The van der Waals surface area contributed by atoms with Gasteiger partial charge in [0.15, 0.2) is 5.96 Å². The number of rotatable bonds is 6. The number of guanidine groups is 1. The molecule has 0 saturated carbocycles. The van der Waals surface area contributed by atoms with Gasteiger partial charge < -0.3 is 15.4 Å². The Morgan fingerprint density at radius 2 is 1.91 bits per heavy atom. The van der Waals surface area contributed by atoms with Crippen molar-refractivity contribution in [2.24, 2.45) is 10.9 Å². The molecule has 0 fully saturated rings. The molecule has 0 radical (unpaired) electrons. The number of ether oxygens (including phenoxy) is 1. The van der Waals surface area contributed by atoms with Crippen LogP contribution >= 0.6 is 0 Å². The Morgan fingerprint density at radius 3 is 2.45 bits per heavy atom. The monoisotopic (exact) mass is 306 g/mol. The van der Waals surface area contributed by atoms with Gasteiger partial charge in [0.1, 0.15) is 0 Å². The van der Waals surface area contributed by atoms with Crippen LogP contribution in [-0.4, -0.2) is 32.8 Å². The second kappa shape index (κ2) is 9.65. The lowest BCUT2D eigenvalue weighted by atomic mass is 10.1. The third-order valence-electron chi connectivity index (χ3n) is 3.08. The molecule has 6 nitrogen and oxygen atoms in total. The van der Waals surface area contributed by atoms with Crippen molar-refractivity contribution in [2.45, 2.75) is 26.8 Å². The van der Waals surface area contributed by atoms with E-state index in [1.165, 1.54) is 7.11 Å². The predicted molar refractivity (Wildman–Crippen MR) is 90.1 cm³/mol. The van der Waals surface area contributed by atoms with Crippen LogP contribution in [-0.2, 0) is 11.3 Å². The van der Waals surface area contributed by atoms with E-state index in [0.29, 0.717) is 18.2 Å². The van der Waals surface area contributed by atoms with Crippen molar-refractivity contribution in [3.63, 3.8) is 0 Å². The molecule has 0 saturated heterocycles. The van der Waals surface area contributed by atoms with Crippen LogP contribution in [0.5, 0.6) is 0 Å². The number of carbonyl (C=O) groups excluding carboxylic acids is 1. The number of hydrogen-bond donors (Lipinski definition) is 3. The Bertz CT molecular complexity index is 483. The lowest BCUT2D eigenvalue weighted by Gasteiger charge is -2.13. The zero-order chi connectivity index (χ0) is 16.4. The maximum atomic E-state index is 11.1. The summed E-state index contributed by atoms with van der Waals surface area (Å²) >= 11 is 0. The molecule has 0 atom stereocenters. The first-order valence-corrected chi connectivity index (χ1v) is 7.43. The van der Waals surface area contributed by atoms with Crippen LogP contribution < -0.4 is 16.0 Å². The number of nitrogens with zero attached hydrogens (tertiary/aromatic N) is 1. The number of carbonyl (C=O) groups is 1. The van der Waals surface area contributed by atoms with Gasteiger partial charge >= 0.3 is 6.09 Å². The molecular formula is C16H26N4O2. The van der Waals surface area contributed by atoms with Gasteiger partial charge in [-0.3, -0.25) is 10.3 Å². The Morgan fingerprint density at radius 1 is 1.23 bits per heavy atom. The second-order valence-electron chi connectivity index (χ2n) is 5.35. The highest BCUT2D eigenvalue weighted by atomic mass is 16.5. The summed E-state index contributed by atoms with van der Waals surface area (Å²) in [6, 6.07) is 7.56. The summed E-state index contributed by atoms with van der Waals surface area (Å²) in [7, 11) is 3.10. The minimum Gasteiger partial charge on any atom is -0.453 e. The Kier molecular flexibility index (Phi) is 7.81. The van der Waals surface area contributed by atoms with Crippen LogP contribution in [0.3, 0.4) is 0 Å². The van der Waals surface area contributed by atoms with Gasteiger partial charge in [-0.2, -0.15) is 0 Å². The van der Waals surface area contributed by atoms with Gasteiger partial charge in [-0.15, -0.1) is 0 Å². The number of nitrogens with one attached hydrogen (secondary N) is 3. The number of aliphatic imine (C=N–C) groups is 1. The van der Waals surface area contributed by atoms with E-state index >= 15 is 0 Å². The molecule has 1 aromatic rings. The number of benzene rings is 1. The Hall–Kier alpha value is -2.24. The number of methoxy groups -OCH3 is 1. The van der Waals surface area contributed by atoms with E-state index in [4.69, 9.17) is 0 Å². The van der Waals surface area contributed by atoms with Gasteiger partial charge in [-0.1, -0.05) is 26.0 Å². The fourth-order valence-electron chi connectivity index (χ4n) is 1.76. The van der Waals surface area contributed by atoms with Gasteiger partial charge in [-0.25, -0.2) is 4.79 Å². The van der Waals surface area contributed by atoms with E-state index in [0.717, 1.165) is 24.5 Å². The van der Waals surface area contributed by atoms with E-state index in [1.807, 2.05) is 24.3 Å². The van der Waals surface area contributed by atoms with Crippen LogP contribution in [0.2, 0.25) is 0 Å². The Balaban J connectivity index is 2.41. The summed E-state index contributed by atoms with van der Waals surface area (Å²) in [5.41, 5.74) is 1.80. The van der Waals surface area contributed by atoms with E-state index < -0.39 is 6.09 Å². The average molecular weight is 306 g/mol. The van der Waals surface area contributed by atoms with Crippen LogP contribution in [0.15, 0.2) is 29.3 Å². The summed E-state index contributed by atoms with van der Waals surface area (Å²) < 4.78 is 4.55. The molecule has 1 aromatic carbocycles. The van der Waals surface area contributed by atoms with Crippen LogP contribution in [0.1, 0.15) is 25.8 Å². The smallest absolute Gasteiger partial charge is 0.411 e. The van der Waals surface area contributed by atoms with Gasteiger partial charge in [0.2, 0.25) is 0 Å². The third-order valence-corrected chi connectivity index (χ3v) is 3.08. The maximum absolute atomic E-state index is 11.1. The molecule has 0 aromatic heterocycles. The first kappa shape index (κ1) is 17.8. The molecule has 0 aliphatic carbocycles. The molecule has 1 rings (SSSR count). The quantitative estimate of drug-likeness (QED) is 0.558. The van der Waals surface area contributed by atoms with Crippen molar-refractivity contribution in [3.8, 4) is 0 Å². The highest BCUT2D eigenvalue weighted by Gasteiger charge is 2.02. The molecule has 0 unspecified atom stereocenters. The third kappa shape index (κ3) is 6.97. The first-order valence-electron chi connectivity index (χ1n) is 7.43. The van der Waals surface area contributed by atoms with E-state index in [2.05, 4.69) is 39.5 Å². The summed E-state index contributed by atoms with van der Waals surface area (Å²) in [5, 5.41) is 9.15. The first-order chi connectivity index (χ1) is 10.5. The molecule has 0 heterocycles. The standard InChI is InChI=1S/C16H26N4O2/c1-12(2)9-10-18-15(17-3)19-11-13-5-7-14(8-6-13)20-16(21)22-4/h5-8,12H,9-11H2,1-4H3,(H,20,21)(H2,17,18,19). The molecule has 0 bridgehead atoms. The van der Waals surface area contributed by atoms with Crippen molar-refractivity contribution < 1.29 is 9.53 Å². The normalized spacial score (nSPS) is 11.2. The molecule has 6 heteroatoms. The van der Waals surface area contributed by atoms with E-state index in [9.17, 15) is 4.79 Å². The van der Waals surface area contributed by atoms with Crippen molar-refractivity contribution in [2.75, 3.05) is 26.0 Å². The number of anilines is 1. The predicted octanol–water partition coefficient (Wildman–Crippen LogP) is 2.58. The highest BCUT2D eigenvalue weighted by Crippen LogP contribution is 2.09. The zero-order valence-corrected chi connectivity index (χ0v) is 13.8. The number of amides is 1. The lowest BCUT2D eigenvalue weighted by Crippen LogP contribution is -2.37. The van der Waals surface area contributed by atoms with Crippen molar-refractivity contribution >= 4 is 17.7 Å². The van der Waals surface area contributed by atoms with E-state index in [-0.39, 0.29) is 0 Å². The number of hydrogen-bond acceptors (Lipinski definition) is 3. The average Bonchev–Trinajstić information content (AvgIpc) is 2.51. The largest absolute Gasteiger partial charge is 0.453 e. The molecule has 122 valence electrons. The fourth-order valence-corrected chi connectivity index (χ4v) is 1.76. The van der Waals surface area contributed by atoms with Gasteiger partial charge in [0.05, 0.1) is 7.11 Å². The SMILES string of the molecule is CN=C(NCCC(C)C)NCc1ccc(NC(=O)OC)cc1. The van der Waals surface area contributed by atoms with Crippen LogP contribution in [0.25, 0.3) is 0 Å². The summed E-state index contributed by atoms with van der Waals surface area (Å²) in [5.74, 6) is 1.46. The fraction of sp³-hybridized carbons (Fsp3) is 0.500. The highest BCUT2D eigenvalue weighted by molar-refractivity contribution is 5.84. The maximum Gasteiger partial charge on any atom is 0.411 e. The van der Waals surface area contributed by atoms with E-state index in [1.54, 1.807) is 7.05 Å². The summed E-state index contributed by atoms with van der Waals surface area (Å²) in [6.45, 7) is 5.96. The minimum absolute atomic E-state index is 0.472. The summed E-state index contributed by atoms with van der Waals surface area (Å²) in [4.78, 5) is 15.3. The van der Waals surface area contributed by atoms with Crippen LogP contribution in [0.4, 0.5) is 10.5 Å². The molecule has 3 N–H and O–H groups in total. The van der Waals surface area contributed by atoms with Gasteiger partial charge in [0.25, 0.3) is 0 Å². The molecule has 22 heavy (non-hydrogen) atoms. The van der Waals surface area contributed by atoms with Crippen molar-refractivity contribution in [1.29, 1.82) is 0 Å².